The van der Waals surface area contributed by atoms with Crippen LogP contribution in [0.3, 0.4) is 0 Å². The van der Waals surface area contributed by atoms with E-state index in [9.17, 15) is 5.26 Å². The molecule has 90 valence electrons. The van der Waals surface area contributed by atoms with Crippen LogP contribution in [0, 0.1) is 11.3 Å². The Morgan fingerprint density at radius 3 is 2.50 bits per heavy atom. The van der Waals surface area contributed by atoms with Gasteiger partial charge in [0.1, 0.15) is 0 Å². The molecule has 2 aromatic rings. The van der Waals surface area contributed by atoms with Crippen molar-refractivity contribution in [2.45, 2.75) is 25.7 Å². The van der Waals surface area contributed by atoms with Gasteiger partial charge in [0.25, 0.3) is 0 Å². The molecule has 0 fully saturated rings. The van der Waals surface area contributed by atoms with E-state index in [2.05, 4.69) is 42.2 Å². The fourth-order valence-corrected chi connectivity index (χ4v) is 1.98. The van der Waals surface area contributed by atoms with E-state index in [1.54, 1.807) is 6.20 Å². The molecule has 0 saturated heterocycles. The van der Waals surface area contributed by atoms with Gasteiger partial charge in [-0.1, -0.05) is 37.3 Å². The van der Waals surface area contributed by atoms with Gasteiger partial charge in [-0.15, -0.1) is 0 Å². The molecule has 2 nitrogen and oxygen atoms in total. The van der Waals surface area contributed by atoms with Crippen molar-refractivity contribution in [2.24, 2.45) is 0 Å². The average Bonchev–Trinajstić information content (AvgIpc) is 2.46. The molecule has 0 bridgehead atoms. The van der Waals surface area contributed by atoms with Crippen molar-refractivity contribution in [1.82, 2.24) is 4.98 Å². The van der Waals surface area contributed by atoms with Crippen LogP contribution in [-0.2, 0) is 12.8 Å². The second kappa shape index (κ2) is 5.97. The molecule has 0 saturated carbocycles. The lowest BCUT2D eigenvalue weighted by molar-refractivity contribution is 0.843. The predicted molar refractivity (Wildman–Crippen MR) is 72.1 cm³/mol. The maximum absolute atomic E-state index is 9.30. The molecule has 1 aromatic heterocycles. The van der Waals surface area contributed by atoms with E-state index in [0.717, 1.165) is 24.0 Å². The number of hydrogen-bond acceptors (Lipinski definition) is 2. The maximum atomic E-state index is 9.30. The van der Waals surface area contributed by atoms with Crippen LogP contribution in [-0.4, -0.2) is 4.98 Å². The summed E-state index contributed by atoms with van der Waals surface area (Å²) in [6.45, 7) is 2.13. The summed E-state index contributed by atoms with van der Waals surface area (Å²) >= 11 is 0. The zero-order chi connectivity index (χ0) is 12.8. The molecule has 2 rings (SSSR count). The highest BCUT2D eigenvalue weighted by molar-refractivity contribution is 5.30. The van der Waals surface area contributed by atoms with Crippen LogP contribution in [0.2, 0.25) is 0 Å². The van der Waals surface area contributed by atoms with Crippen LogP contribution >= 0.6 is 0 Å². The van der Waals surface area contributed by atoms with Gasteiger partial charge < -0.3 is 0 Å². The number of pyridine rings is 1. The number of aryl methyl sites for hydroxylation is 1. The molecule has 1 heterocycles. The predicted octanol–water partition coefficient (Wildman–Crippen LogP) is 3.49. The normalized spacial score (nSPS) is 11.8. The van der Waals surface area contributed by atoms with Crippen molar-refractivity contribution >= 4 is 0 Å². The van der Waals surface area contributed by atoms with Gasteiger partial charge in [-0.25, -0.2) is 0 Å². The Morgan fingerprint density at radius 2 is 1.94 bits per heavy atom. The number of hydrogen-bond donors (Lipinski definition) is 0. The third-order valence-corrected chi connectivity index (χ3v) is 3.11. The van der Waals surface area contributed by atoms with Crippen LogP contribution in [0.4, 0.5) is 0 Å². The van der Waals surface area contributed by atoms with E-state index in [-0.39, 0.29) is 5.92 Å². The number of benzene rings is 1. The van der Waals surface area contributed by atoms with E-state index in [1.807, 2.05) is 18.3 Å². The Hall–Kier alpha value is -2.14. The smallest absolute Gasteiger partial charge is 0.0753 e. The third kappa shape index (κ3) is 2.95. The van der Waals surface area contributed by atoms with E-state index >= 15 is 0 Å². The molecule has 0 aliphatic carbocycles. The van der Waals surface area contributed by atoms with Crippen molar-refractivity contribution in [3.8, 4) is 6.07 Å². The number of aromatic nitrogens is 1. The summed E-state index contributed by atoms with van der Waals surface area (Å²) < 4.78 is 0. The highest BCUT2D eigenvalue weighted by atomic mass is 14.6. The number of nitriles is 1. The standard InChI is InChI=1S/C16H16N2/c1-2-13-5-7-15(8-6-13)16(11-17)10-14-4-3-9-18-12-14/h3-9,12,16H,2,10H2,1H3. The summed E-state index contributed by atoms with van der Waals surface area (Å²) in [4.78, 5) is 4.08. The summed E-state index contributed by atoms with van der Waals surface area (Å²) in [5.41, 5.74) is 3.49. The number of nitrogens with zero attached hydrogens (tertiary/aromatic N) is 2. The number of rotatable bonds is 4. The average molecular weight is 236 g/mol. The lowest BCUT2D eigenvalue weighted by atomic mass is 9.93. The molecule has 2 heteroatoms. The third-order valence-electron chi connectivity index (χ3n) is 3.11. The summed E-state index contributed by atoms with van der Waals surface area (Å²) in [6, 6.07) is 14.6. The molecule has 0 amide bonds. The summed E-state index contributed by atoms with van der Waals surface area (Å²) in [5.74, 6) is -0.0971. The van der Waals surface area contributed by atoms with Crippen molar-refractivity contribution in [3.05, 3.63) is 65.5 Å². The van der Waals surface area contributed by atoms with Crippen molar-refractivity contribution in [3.63, 3.8) is 0 Å². The highest BCUT2D eigenvalue weighted by Gasteiger charge is 2.11. The first-order valence-corrected chi connectivity index (χ1v) is 6.21. The van der Waals surface area contributed by atoms with Crippen LogP contribution in [0.15, 0.2) is 48.8 Å². The fourth-order valence-electron chi connectivity index (χ4n) is 1.98. The fraction of sp³-hybridized carbons (Fsp3) is 0.250. The highest BCUT2D eigenvalue weighted by Crippen LogP contribution is 2.20. The van der Waals surface area contributed by atoms with Crippen LogP contribution in [0.5, 0.6) is 0 Å². The van der Waals surface area contributed by atoms with Gasteiger partial charge in [0, 0.05) is 12.4 Å². The molecule has 0 spiro atoms. The zero-order valence-corrected chi connectivity index (χ0v) is 10.5. The van der Waals surface area contributed by atoms with E-state index in [4.69, 9.17) is 0 Å². The molecule has 0 aliphatic heterocycles. The Balaban J connectivity index is 2.16. The van der Waals surface area contributed by atoms with Gasteiger partial charge in [0.2, 0.25) is 0 Å². The van der Waals surface area contributed by atoms with Gasteiger partial charge in [-0.05, 0) is 35.6 Å². The minimum atomic E-state index is -0.0971. The van der Waals surface area contributed by atoms with Crippen molar-refractivity contribution < 1.29 is 0 Å². The lowest BCUT2D eigenvalue weighted by Gasteiger charge is -2.09. The van der Waals surface area contributed by atoms with E-state index in [0.29, 0.717) is 0 Å². The summed E-state index contributed by atoms with van der Waals surface area (Å²) in [6.07, 6.45) is 5.32. The van der Waals surface area contributed by atoms with Crippen molar-refractivity contribution in [2.75, 3.05) is 0 Å². The van der Waals surface area contributed by atoms with Crippen LogP contribution in [0.25, 0.3) is 0 Å². The topological polar surface area (TPSA) is 36.7 Å². The molecular formula is C16H16N2. The molecular weight excluding hydrogens is 220 g/mol. The van der Waals surface area contributed by atoms with E-state index in [1.165, 1.54) is 5.56 Å². The van der Waals surface area contributed by atoms with Gasteiger partial charge in [0.05, 0.1) is 12.0 Å². The minimum absolute atomic E-state index is 0.0971. The molecule has 0 N–H and O–H groups in total. The SMILES string of the molecule is CCc1ccc(C(C#N)Cc2cccnc2)cc1. The van der Waals surface area contributed by atoms with Crippen LogP contribution in [0.1, 0.15) is 29.5 Å². The first-order valence-electron chi connectivity index (χ1n) is 6.21. The second-order valence-electron chi connectivity index (χ2n) is 4.34. The monoisotopic (exact) mass is 236 g/mol. The van der Waals surface area contributed by atoms with Gasteiger partial charge in [-0.2, -0.15) is 5.26 Å². The molecule has 0 aliphatic rings. The lowest BCUT2D eigenvalue weighted by Crippen LogP contribution is -2.01. The summed E-state index contributed by atoms with van der Waals surface area (Å²) in [5, 5.41) is 9.30. The quantitative estimate of drug-likeness (QED) is 0.814. The second-order valence-corrected chi connectivity index (χ2v) is 4.34. The van der Waals surface area contributed by atoms with Gasteiger partial charge in [0.15, 0.2) is 0 Å². The molecule has 1 atom stereocenters. The van der Waals surface area contributed by atoms with E-state index < -0.39 is 0 Å². The largest absolute Gasteiger partial charge is 0.264 e. The van der Waals surface area contributed by atoms with Gasteiger partial charge >= 0.3 is 0 Å². The Labute approximate surface area is 108 Å². The first-order chi connectivity index (χ1) is 8.83. The molecule has 1 unspecified atom stereocenters. The molecule has 1 aromatic carbocycles. The zero-order valence-electron chi connectivity index (χ0n) is 10.5. The Bertz CT molecular complexity index is 523. The maximum Gasteiger partial charge on any atom is 0.0753 e. The van der Waals surface area contributed by atoms with Crippen molar-refractivity contribution in [1.29, 1.82) is 5.26 Å². The Kier molecular flexibility index (Phi) is 4.09. The molecule has 18 heavy (non-hydrogen) atoms. The molecule has 0 radical (unpaired) electrons. The first kappa shape index (κ1) is 12.3. The van der Waals surface area contributed by atoms with Gasteiger partial charge in [-0.3, -0.25) is 4.98 Å². The summed E-state index contributed by atoms with van der Waals surface area (Å²) in [7, 11) is 0. The van der Waals surface area contributed by atoms with Crippen LogP contribution < -0.4 is 0 Å². The minimum Gasteiger partial charge on any atom is -0.264 e. The Morgan fingerprint density at radius 1 is 1.17 bits per heavy atom.